The van der Waals surface area contributed by atoms with Gasteiger partial charge in [0.05, 0.1) is 16.1 Å². The highest BCUT2D eigenvalue weighted by Gasteiger charge is 2.19. The van der Waals surface area contributed by atoms with Crippen molar-refractivity contribution in [1.29, 1.82) is 5.41 Å². The van der Waals surface area contributed by atoms with Crippen LogP contribution in [0.4, 0.5) is 0 Å². The van der Waals surface area contributed by atoms with E-state index in [1.54, 1.807) is 54.6 Å². The Kier molecular flexibility index (Phi) is 6.82. The van der Waals surface area contributed by atoms with Crippen LogP contribution in [-0.4, -0.2) is 22.2 Å². The summed E-state index contributed by atoms with van der Waals surface area (Å²) in [5, 5.41) is 12.5. The molecule has 7 nitrogen and oxygen atoms in total. The molecule has 0 aliphatic rings. The van der Waals surface area contributed by atoms with E-state index < -0.39 is 5.91 Å². The number of benzene rings is 3. The number of hydrogen-bond donors (Lipinski definition) is 4. The van der Waals surface area contributed by atoms with E-state index in [0.717, 1.165) is 22.0 Å². The van der Waals surface area contributed by atoms with Crippen LogP contribution in [0.3, 0.4) is 0 Å². The Morgan fingerprint density at radius 3 is 2.26 bits per heavy atom. The van der Waals surface area contributed by atoms with Gasteiger partial charge in [0.15, 0.2) is 0 Å². The van der Waals surface area contributed by atoms with Gasteiger partial charge in [-0.1, -0.05) is 53.5 Å². The highest BCUT2D eigenvalue weighted by atomic mass is 35.5. The van der Waals surface area contributed by atoms with Crippen LogP contribution in [0.15, 0.2) is 66.7 Å². The molecule has 3 aromatic carbocycles. The first-order valence-corrected chi connectivity index (χ1v) is 11.5. The molecular weight excluding hydrogens is 485 g/mol. The number of rotatable bonds is 7. The van der Waals surface area contributed by atoms with Gasteiger partial charge in [0, 0.05) is 28.6 Å². The summed E-state index contributed by atoms with van der Waals surface area (Å²) in [5.41, 5.74) is 14.9. The molecule has 2 amide bonds. The molecule has 0 fully saturated rings. The average Bonchev–Trinajstić information content (AvgIpc) is 3.18. The zero-order chi connectivity index (χ0) is 25.3. The average molecular weight is 508 g/mol. The molecule has 0 aliphatic heterocycles. The molecule has 0 saturated carbocycles. The number of amidine groups is 1. The predicted octanol–water partition coefficient (Wildman–Crippen LogP) is 4.87. The molecular formula is C26H23Cl2N5O2. The van der Waals surface area contributed by atoms with Gasteiger partial charge >= 0.3 is 0 Å². The lowest BCUT2D eigenvalue weighted by Gasteiger charge is -2.17. The summed E-state index contributed by atoms with van der Waals surface area (Å²) >= 11 is 12.2. The Hall–Kier alpha value is -3.81. The summed E-state index contributed by atoms with van der Waals surface area (Å²) in [6.07, 6.45) is 0. The third-order valence-corrected chi connectivity index (χ3v) is 6.56. The van der Waals surface area contributed by atoms with Crippen LogP contribution in [0, 0.1) is 5.41 Å². The van der Waals surface area contributed by atoms with Crippen molar-refractivity contribution >= 4 is 51.8 Å². The van der Waals surface area contributed by atoms with Crippen LogP contribution >= 0.6 is 23.2 Å². The molecule has 0 unspecified atom stereocenters. The van der Waals surface area contributed by atoms with Gasteiger partial charge in [-0.3, -0.25) is 15.0 Å². The van der Waals surface area contributed by atoms with Crippen LogP contribution in [0.1, 0.15) is 50.5 Å². The fourth-order valence-electron chi connectivity index (χ4n) is 3.87. The maximum atomic E-state index is 13.4. The van der Waals surface area contributed by atoms with Crippen molar-refractivity contribution in [3.8, 4) is 0 Å². The first-order chi connectivity index (χ1) is 16.6. The van der Waals surface area contributed by atoms with E-state index in [4.69, 9.17) is 40.1 Å². The lowest BCUT2D eigenvalue weighted by Crippen LogP contribution is -2.28. The SMILES string of the molecule is C[C@H](NC(=O)c1cc2ccc(C(=N)N)cc2n1Cc1ccc(C(N)=O)cc1)c1ccc(Cl)c(Cl)c1. The fraction of sp³-hybridized carbons (Fsp3) is 0.115. The summed E-state index contributed by atoms with van der Waals surface area (Å²) in [6.45, 7) is 2.22. The van der Waals surface area contributed by atoms with Crippen molar-refractivity contribution in [2.45, 2.75) is 19.5 Å². The van der Waals surface area contributed by atoms with Crippen molar-refractivity contribution in [3.05, 3.63) is 105 Å². The van der Waals surface area contributed by atoms with Crippen LogP contribution in [-0.2, 0) is 6.54 Å². The van der Waals surface area contributed by atoms with E-state index in [9.17, 15) is 9.59 Å². The van der Waals surface area contributed by atoms with Crippen molar-refractivity contribution < 1.29 is 9.59 Å². The molecule has 0 spiro atoms. The van der Waals surface area contributed by atoms with Crippen molar-refractivity contribution in [1.82, 2.24) is 9.88 Å². The second-order valence-electron chi connectivity index (χ2n) is 8.23. The van der Waals surface area contributed by atoms with E-state index in [1.165, 1.54) is 0 Å². The smallest absolute Gasteiger partial charge is 0.268 e. The van der Waals surface area contributed by atoms with Crippen LogP contribution in [0.2, 0.25) is 10.0 Å². The molecule has 35 heavy (non-hydrogen) atoms. The fourth-order valence-corrected chi connectivity index (χ4v) is 4.18. The summed E-state index contributed by atoms with van der Waals surface area (Å²) in [4.78, 5) is 24.8. The molecule has 1 aromatic heterocycles. The van der Waals surface area contributed by atoms with Gasteiger partial charge in [-0.2, -0.15) is 0 Å². The number of nitrogens with zero attached hydrogens (tertiary/aromatic N) is 1. The maximum Gasteiger partial charge on any atom is 0.268 e. The highest BCUT2D eigenvalue weighted by molar-refractivity contribution is 6.42. The molecule has 4 aromatic rings. The largest absolute Gasteiger partial charge is 0.384 e. The third-order valence-electron chi connectivity index (χ3n) is 5.82. The van der Waals surface area contributed by atoms with Gasteiger partial charge in [-0.25, -0.2) is 0 Å². The molecule has 178 valence electrons. The van der Waals surface area contributed by atoms with Gasteiger partial charge in [-0.15, -0.1) is 0 Å². The Bertz CT molecular complexity index is 1460. The number of hydrogen-bond acceptors (Lipinski definition) is 3. The van der Waals surface area contributed by atoms with Gasteiger partial charge in [0.2, 0.25) is 5.91 Å². The third kappa shape index (κ3) is 5.16. The van der Waals surface area contributed by atoms with Crippen molar-refractivity contribution in [2.24, 2.45) is 11.5 Å². The molecule has 6 N–H and O–H groups in total. The zero-order valence-electron chi connectivity index (χ0n) is 18.8. The molecule has 0 bridgehead atoms. The van der Waals surface area contributed by atoms with Gasteiger partial charge in [-0.05, 0) is 54.4 Å². The predicted molar refractivity (Wildman–Crippen MR) is 139 cm³/mol. The van der Waals surface area contributed by atoms with Crippen LogP contribution < -0.4 is 16.8 Å². The molecule has 0 aliphatic carbocycles. The number of nitrogens with two attached hydrogens (primary N) is 2. The van der Waals surface area contributed by atoms with E-state index in [1.807, 2.05) is 23.6 Å². The minimum atomic E-state index is -0.509. The minimum absolute atomic E-state index is 0.0651. The van der Waals surface area contributed by atoms with Gasteiger partial charge in [0.25, 0.3) is 5.91 Å². The summed E-state index contributed by atoms with van der Waals surface area (Å²) in [6, 6.07) is 19.0. The number of fused-ring (bicyclic) bond motifs is 1. The highest BCUT2D eigenvalue weighted by Crippen LogP contribution is 2.27. The minimum Gasteiger partial charge on any atom is -0.384 e. The second-order valence-corrected chi connectivity index (χ2v) is 9.05. The van der Waals surface area contributed by atoms with E-state index in [-0.39, 0.29) is 17.8 Å². The Morgan fingerprint density at radius 1 is 0.943 bits per heavy atom. The lowest BCUT2D eigenvalue weighted by molar-refractivity contribution is 0.0930. The standard InChI is InChI=1S/C26H23Cl2N5O2/c1-14(17-8-9-20(27)21(28)10-17)32-26(35)23-11-18-6-7-19(24(29)30)12-22(18)33(23)13-15-2-4-16(5-3-15)25(31)34/h2-12,14H,13H2,1H3,(H3,29,30)(H2,31,34)(H,32,35)/t14-/m0/s1. The first-order valence-electron chi connectivity index (χ1n) is 10.8. The second kappa shape index (κ2) is 9.82. The number of nitrogens with one attached hydrogen (secondary N) is 2. The normalized spacial score (nSPS) is 11.9. The number of primary amides is 1. The zero-order valence-corrected chi connectivity index (χ0v) is 20.3. The molecule has 0 radical (unpaired) electrons. The van der Waals surface area contributed by atoms with E-state index >= 15 is 0 Å². The number of nitrogen functional groups attached to an aromatic ring is 1. The number of amides is 2. The van der Waals surface area contributed by atoms with E-state index in [2.05, 4.69) is 5.32 Å². The van der Waals surface area contributed by atoms with Gasteiger partial charge in [0.1, 0.15) is 11.5 Å². The van der Waals surface area contributed by atoms with Crippen LogP contribution in [0.25, 0.3) is 10.9 Å². The quantitative estimate of drug-likeness (QED) is 0.210. The first kappa shape index (κ1) is 24.3. The Morgan fingerprint density at radius 2 is 1.63 bits per heavy atom. The Balaban J connectivity index is 1.72. The molecule has 1 atom stereocenters. The summed E-state index contributed by atoms with van der Waals surface area (Å²) < 4.78 is 1.86. The van der Waals surface area contributed by atoms with E-state index in [0.29, 0.717) is 33.4 Å². The molecule has 4 rings (SSSR count). The molecule has 0 saturated heterocycles. The number of aromatic nitrogens is 1. The topological polar surface area (TPSA) is 127 Å². The molecule has 9 heteroatoms. The summed E-state index contributed by atoms with van der Waals surface area (Å²) in [5.74, 6) is -0.854. The number of carbonyl (C=O) groups is 2. The lowest BCUT2D eigenvalue weighted by atomic mass is 10.1. The number of halogens is 2. The number of carbonyl (C=O) groups excluding carboxylic acids is 2. The summed E-state index contributed by atoms with van der Waals surface area (Å²) in [7, 11) is 0. The maximum absolute atomic E-state index is 13.4. The van der Waals surface area contributed by atoms with Crippen LogP contribution in [0.5, 0.6) is 0 Å². The van der Waals surface area contributed by atoms with Crippen molar-refractivity contribution in [3.63, 3.8) is 0 Å². The monoisotopic (exact) mass is 507 g/mol. The Labute approximate surface area is 212 Å². The van der Waals surface area contributed by atoms with Crippen molar-refractivity contribution in [2.75, 3.05) is 0 Å². The molecule has 1 heterocycles. The van der Waals surface area contributed by atoms with Gasteiger partial charge < -0.3 is 21.4 Å².